The zero-order valence-corrected chi connectivity index (χ0v) is 15.8. The molecule has 3 heteroatoms. The predicted molar refractivity (Wildman–Crippen MR) is 106 cm³/mol. The molecule has 0 saturated heterocycles. The van der Waals surface area contributed by atoms with Gasteiger partial charge in [0.25, 0.3) is 5.91 Å². The van der Waals surface area contributed by atoms with Gasteiger partial charge in [0, 0.05) is 11.5 Å². The second-order valence-corrected chi connectivity index (χ2v) is 7.71. The number of hydrogen-bond acceptors (Lipinski definition) is 2. The van der Waals surface area contributed by atoms with E-state index in [1.807, 2.05) is 18.2 Å². The van der Waals surface area contributed by atoms with Crippen LogP contribution < -0.4 is 10.1 Å². The molecule has 0 radical (unpaired) electrons. The molecule has 1 amide bonds. The first kappa shape index (κ1) is 18.5. The van der Waals surface area contributed by atoms with Gasteiger partial charge in [-0.3, -0.25) is 4.79 Å². The zero-order valence-electron chi connectivity index (χ0n) is 15.8. The van der Waals surface area contributed by atoms with E-state index in [-0.39, 0.29) is 17.9 Å². The summed E-state index contributed by atoms with van der Waals surface area (Å²) in [5, 5.41) is 3.08. The Morgan fingerprint density at radius 3 is 2.23 bits per heavy atom. The van der Waals surface area contributed by atoms with Crippen LogP contribution in [0.1, 0.15) is 57.1 Å². The maximum absolute atomic E-state index is 12.1. The lowest BCUT2D eigenvalue weighted by molar-refractivity contribution is -0.124. The summed E-state index contributed by atoms with van der Waals surface area (Å²) in [5.74, 6) is 0.710. The van der Waals surface area contributed by atoms with Crippen molar-refractivity contribution in [2.24, 2.45) is 0 Å². The maximum Gasteiger partial charge on any atom is 0.258 e. The number of carbonyl (C=O) groups is 1. The van der Waals surface area contributed by atoms with Crippen molar-refractivity contribution in [1.29, 1.82) is 0 Å². The lowest BCUT2D eigenvalue weighted by Crippen LogP contribution is -2.38. The number of nitrogens with one attached hydrogen (secondary N) is 1. The number of rotatable bonds is 6. The summed E-state index contributed by atoms with van der Waals surface area (Å²) in [4.78, 5) is 12.1. The molecule has 3 rings (SSSR count). The second-order valence-electron chi connectivity index (χ2n) is 7.71. The van der Waals surface area contributed by atoms with E-state index in [0.29, 0.717) is 6.04 Å². The Morgan fingerprint density at radius 2 is 1.58 bits per heavy atom. The zero-order chi connectivity index (χ0) is 18.4. The molecule has 138 valence electrons. The number of amides is 1. The van der Waals surface area contributed by atoms with Gasteiger partial charge < -0.3 is 10.1 Å². The minimum absolute atomic E-state index is 0.0226. The van der Waals surface area contributed by atoms with Crippen LogP contribution in [0.15, 0.2) is 54.6 Å². The molecule has 2 aromatic rings. The first-order valence-corrected chi connectivity index (χ1v) is 9.64. The van der Waals surface area contributed by atoms with Gasteiger partial charge in [-0.05, 0) is 36.1 Å². The Morgan fingerprint density at radius 1 is 0.962 bits per heavy atom. The molecule has 1 saturated carbocycles. The van der Waals surface area contributed by atoms with Gasteiger partial charge in [-0.15, -0.1) is 0 Å². The van der Waals surface area contributed by atoms with Crippen LogP contribution in [0.25, 0.3) is 0 Å². The highest BCUT2D eigenvalue weighted by atomic mass is 16.5. The molecule has 1 N–H and O–H groups in total. The summed E-state index contributed by atoms with van der Waals surface area (Å²) in [6.07, 6.45) is 5.90. The van der Waals surface area contributed by atoms with Gasteiger partial charge >= 0.3 is 0 Å². The fourth-order valence-corrected chi connectivity index (χ4v) is 3.65. The van der Waals surface area contributed by atoms with E-state index in [4.69, 9.17) is 4.74 Å². The Balaban J connectivity index is 1.55. The lowest BCUT2D eigenvalue weighted by atomic mass is 9.78. The van der Waals surface area contributed by atoms with Gasteiger partial charge in [-0.25, -0.2) is 0 Å². The molecule has 0 aromatic heterocycles. The smallest absolute Gasteiger partial charge is 0.258 e. The molecule has 3 nitrogen and oxygen atoms in total. The van der Waals surface area contributed by atoms with Crippen molar-refractivity contribution in [2.75, 3.05) is 6.61 Å². The minimum atomic E-state index is -0.0713. The van der Waals surface area contributed by atoms with Gasteiger partial charge in [0.05, 0.1) is 0 Å². The number of ether oxygens (including phenoxy) is 1. The van der Waals surface area contributed by atoms with E-state index in [1.165, 1.54) is 30.4 Å². The van der Waals surface area contributed by atoms with Crippen molar-refractivity contribution >= 4 is 5.91 Å². The number of benzene rings is 2. The Kier molecular flexibility index (Phi) is 5.97. The van der Waals surface area contributed by atoms with Gasteiger partial charge in [0.2, 0.25) is 0 Å². The molecule has 0 heterocycles. The van der Waals surface area contributed by atoms with Crippen LogP contribution >= 0.6 is 0 Å². The maximum atomic E-state index is 12.1. The molecule has 0 bridgehead atoms. The summed E-state index contributed by atoms with van der Waals surface area (Å²) in [6.45, 7) is 4.52. The highest BCUT2D eigenvalue weighted by molar-refractivity contribution is 5.77. The Labute approximate surface area is 156 Å². The van der Waals surface area contributed by atoms with Crippen LogP contribution in [0.2, 0.25) is 0 Å². The predicted octanol–water partition coefficient (Wildman–Crippen LogP) is 4.84. The van der Waals surface area contributed by atoms with Crippen molar-refractivity contribution in [3.05, 3.63) is 65.7 Å². The quantitative estimate of drug-likeness (QED) is 0.809. The van der Waals surface area contributed by atoms with Gasteiger partial charge in [-0.2, -0.15) is 0 Å². The summed E-state index contributed by atoms with van der Waals surface area (Å²) in [5.41, 5.74) is 2.43. The lowest BCUT2D eigenvalue weighted by Gasteiger charge is -2.26. The molecule has 0 atom stereocenters. The van der Waals surface area contributed by atoms with Gasteiger partial charge in [0.15, 0.2) is 6.61 Å². The van der Waals surface area contributed by atoms with E-state index in [1.54, 1.807) is 0 Å². The average Bonchev–Trinajstić information content (AvgIpc) is 2.68. The standard InChI is InChI=1S/C23H29NO2/c1-23(2,18-9-5-3-6-10-18)19-13-15-21(16-14-19)26-17-22(25)24-20-11-7-4-8-12-20/h3,5-6,9-10,13-16,20H,4,7-8,11-12,17H2,1-2H3,(H,24,25). The Bertz CT molecular complexity index is 701. The molecule has 1 fully saturated rings. The SMILES string of the molecule is CC(C)(c1ccccc1)c1ccc(OCC(=O)NC2CCCCC2)cc1. The minimum Gasteiger partial charge on any atom is -0.484 e. The highest BCUT2D eigenvalue weighted by Crippen LogP contribution is 2.32. The topological polar surface area (TPSA) is 38.3 Å². The largest absolute Gasteiger partial charge is 0.484 e. The number of hydrogen-bond donors (Lipinski definition) is 1. The third kappa shape index (κ3) is 4.66. The van der Waals surface area contributed by atoms with Crippen LogP contribution in [-0.4, -0.2) is 18.6 Å². The fourth-order valence-electron chi connectivity index (χ4n) is 3.65. The fraction of sp³-hybridized carbons (Fsp3) is 0.435. The summed E-state index contributed by atoms with van der Waals surface area (Å²) < 4.78 is 5.67. The van der Waals surface area contributed by atoms with Crippen molar-refractivity contribution < 1.29 is 9.53 Å². The monoisotopic (exact) mass is 351 g/mol. The molecule has 2 aromatic carbocycles. The van der Waals surface area contributed by atoms with Crippen LogP contribution in [0.5, 0.6) is 5.75 Å². The molecular formula is C23H29NO2. The molecule has 0 unspecified atom stereocenters. The Hall–Kier alpha value is -2.29. The van der Waals surface area contributed by atoms with Crippen LogP contribution in [0.4, 0.5) is 0 Å². The first-order valence-electron chi connectivity index (χ1n) is 9.64. The van der Waals surface area contributed by atoms with Crippen molar-refractivity contribution in [3.63, 3.8) is 0 Å². The van der Waals surface area contributed by atoms with E-state index >= 15 is 0 Å². The van der Waals surface area contributed by atoms with E-state index in [9.17, 15) is 4.79 Å². The molecule has 1 aliphatic carbocycles. The van der Waals surface area contributed by atoms with Gasteiger partial charge in [0.1, 0.15) is 5.75 Å². The molecule has 0 aliphatic heterocycles. The van der Waals surface area contributed by atoms with Crippen LogP contribution in [0.3, 0.4) is 0 Å². The number of carbonyl (C=O) groups excluding carboxylic acids is 1. The second kappa shape index (κ2) is 8.39. The van der Waals surface area contributed by atoms with E-state index in [2.05, 4.69) is 55.6 Å². The van der Waals surface area contributed by atoms with Gasteiger partial charge in [-0.1, -0.05) is 75.6 Å². The molecular weight excluding hydrogens is 322 g/mol. The van der Waals surface area contributed by atoms with Crippen molar-refractivity contribution in [2.45, 2.75) is 57.4 Å². The van der Waals surface area contributed by atoms with E-state index < -0.39 is 0 Å². The van der Waals surface area contributed by atoms with Crippen LogP contribution in [-0.2, 0) is 10.2 Å². The summed E-state index contributed by atoms with van der Waals surface area (Å²) >= 11 is 0. The highest BCUT2D eigenvalue weighted by Gasteiger charge is 2.22. The third-order valence-corrected chi connectivity index (χ3v) is 5.41. The molecule has 1 aliphatic rings. The molecule has 26 heavy (non-hydrogen) atoms. The van der Waals surface area contributed by atoms with Crippen LogP contribution in [0, 0.1) is 0 Å². The third-order valence-electron chi connectivity index (χ3n) is 5.41. The average molecular weight is 351 g/mol. The first-order chi connectivity index (χ1) is 12.6. The molecule has 0 spiro atoms. The summed E-state index contributed by atoms with van der Waals surface area (Å²) in [7, 11) is 0. The van der Waals surface area contributed by atoms with Crippen molar-refractivity contribution in [1.82, 2.24) is 5.32 Å². The summed E-state index contributed by atoms with van der Waals surface area (Å²) in [6, 6.07) is 18.9. The normalized spacial score (nSPS) is 15.5. The van der Waals surface area contributed by atoms with Crippen molar-refractivity contribution in [3.8, 4) is 5.75 Å². The van der Waals surface area contributed by atoms with E-state index in [0.717, 1.165) is 18.6 Å².